The van der Waals surface area contributed by atoms with Crippen LogP contribution in [0.25, 0.3) is 0 Å². The van der Waals surface area contributed by atoms with Crippen molar-refractivity contribution in [3.63, 3.8) is 0 Å². The van der Waals surface area contributed by atoms with Gasteiger partial charge in [-0.25, -0.2) is 17.6 Å². The van der Waals surface area contributed by atoms with E-state index in [9.17, 15) is 17.6 Å². The summed E-state index contributed by atoms with van der Waals surface area (Å²) in [5.41, 5.74) is 0. The Morgan fingerprint density at radius 3 is 2.09 bits per heavy atom. The van der Waals surface area contributed by atoms with Crippen molar-refractivity contribution in [3.8, 4) is 0 Å². The Kier molecular flexibility index (Phi) is 3.78. The lowest BCUT2D eigenvalue weighted by atomic mass is 10.1. The lowest BCUT2D eigenvalue weighted by Gasteiger charge is -2.15. The summed E-state index contributed by atoms with van der Waals surface area (Å²) in [4.78, 5) is 0. The fourth-order valence-corrected chi connectivity index (χ4v) is 0.510. The van der Waals surface area contributed by atoms with Gasteiger partial charge in [0.15, 0.2) is 0 Å². The molecule has 0 spiro atoms. The first-order chi connectivity index (χ1) is 4.86. The molecule has 68 valence electrons. The van der Waals surface area contributed by atoms with Crippen LogP contribution in [0.5, 0.6) is 0 Å². The average molecular weight is 174 g/mol. The van der Waals surface area contributed by atoms with Crippen molar-refractivity contribution in [2.24, 2.45) is 0 Å². The van der Waals surface area contributed by atoms with Crippen molar-refractivity contribution in [2.45, 2.75) is 38.2 Å². The molecule has 0 rings (SSSR count). The van der Waals surface area contributed by atoms with E-state index in [0.29, 0.717) is 0 Å². The number of halogens is 4. The molecule has 1 unspecified atom stereocenters. The van der Waals surface area contributed by atoms with Gasteiger partial charge in [0.1, 0.15) is 0 Å². The summed E-state index contributed by atoms with van der Waals surface area (Å²) in [6.45, 7) is 1.28. The van der Waals surface area contributed by atoms with Gasteiger partial charge < -0.3 is 5.11 Å². The maximum atomic E-state index is 12.0. The third kappa shape index (κ3) is 4.19. The molecule has 11 heavy (non-hydrogen) atoms. The van der Waals surface area contributed by atoms with E-state index in [0.717, 1.165) is 0 Å². The molecule has 0 aromatic carbocycles. The van der Waals surface area contributed by atoms with E-state index >= 15 is 0 Å². The van der Waals surface area contributed by atoms with Gasteiger partial charge in [0.25, 0.3) is 0 Å². The van der Waals surface area contributed by atoms with Gasteiger partial charge in [0.2, 0.25) is 0 Å². The first kappa shape index (κ1) is 10.7. The smallest absolute Gasteiger partial charge is 0.307 e. The topological polar surface area (TPSA) is 20.2 Å². The van der Waals surface area contributed by atoms with E-state index in [-0.39, 0.29) is 6.42 Å². The number of rotatable bonds is 4. The van der Waals surface area contributed by atoms with E-state index in [1.807, 2.05) is 0 Å². The van der Waals surface area contributed by atoms with Crippen LogP contribution in [0.1, 0.15) is 19.8 Å². The Morgan fingerprint density at radius 1 is 1.36 bits per heavy atom. The molecule has 1 atom stereocenters. The van der Waals surface area contributed by atoms with Crippen molar-refractivity contribution in [1.82, 2.24) is 0 Å². The Hall–Kier alpha value is -0.320. The number of aliphatic hydroxyl groups is 1. The van der Waals surface area contributed by atoms with Crippen LogP contribution in [0, 0.1) is 0 Å². The van der Waals surface area contributed by atoms with Crippen LogP contribution in [0.3, 0.4) is 0 Å². The monoisotopic (exact) mass is 174 g/mol. The molecule has 0 aliphatic rings. The van der Waals surface area contributed by atoms with Gasteiger partial charge in [-0.2, -0.15) is 0 Å². The summed E-state index contributed by atoms with van der Waals surface area (Å²) in [6.07, 6.45) is -5.87. The molecule has 0 aromatic rings. The molecule has 0 fully saturated rings. The summed E-state index contributed by atoms with van der Waals surface area (Å²) < 4.78 is 47.0. The average Bonchev–Trinajstić information content (AvgIpc) is 1.84. The molecule has 0 aliphatic heterocycles. The standard InChI is InChI=1S/C6H10F4O/c1-4(11)2-3-6(9,10)5(7)8/h4-5,11H,2-3H2,1H3. The minimum atomic E-state index is -3.96. The summed E-state index contributed by atoms with van der Waals surface area (Å²) in [5.74, 6) is -3.96. The van der Waals surface area contributed by atoms with Crippen molar-refractivity contribution < 1.29 is 22.7 Å². The Balaban J connectivity index is 3.73. The fourth-order valence-electron chi connectivity index (χ4n) is 0.510. The van der Waals surface area contributed by atoms with Crippen LogP contribution in [-0.4, -0.2) is 23.6 Å². The predicted molar refractivity (Wildman–Crippen MR) is 31.9 cm³/mol. The van der Waals surface area contributed by atoms with Gasteiger partial charge in [0, 0.05) is 6.42 Å². The van der Waals surface area contributed by atoms with Gasteiger partial charge in [-0.15, -0.1) is 0 Å². The lowest BCUT2D eigenvalue weighted by Crippen LogP contribution is -2.27. The highest BCUT2D eigenvalue weighted by Gasteiger charge is 2.39. The van der Waals surface area contributed by atoms with Gasteiger partial charge in [-0.05, 0) is 13.3 Å². The summed E-state index contributed by atoms with van der Waals surface area (Å²) >= 11 is 0. The van der Waals surface area contributed by atoms with E-state index < -0.39 is 24.9 Å². The number of hydrogen-bond acceptors (Lipinski definition) is 1. The maximum absolute atomic E-state index is 12.0. The van der Waals surface area contributed by atoms with Crippen LogP contribution in [-0.2, 0) is 0 Å². The van der Waals surface area contributed by atoms with Crippen molar-refractivity contribution in [2.75, 3.05) is 0 Å². The number of alkyl halides is 4. The minimum Gasteiger partial charge on any atom is -0.393 e. The highest BCUT2D eigenvalue weighted by atomic mass is 19.3. The molecule has 1 N–H and O–H groups in total. The largest absolute Gasteiger partial charge is 0.393 e. The van der Waals surface area contributed by atoms with Crippen LogP contribution in [0.15, 0.2) is 0 Å². The van der Waals surface area contributed by atoms with Gasteiger partial charge >= 0.3 is 12.3 Å². The first-order valence-electron chi connectivity index (χ1n) is 3.20. The molecule has 0 bridgehead atoms. The highest BCUT2D eigenvalue weighted by molar-refractivity contribution is 4.69. The molecule has 0 saturated carbocycles. The van der Waals surface area contributed by atoms with Crippen LogP contribution >= 0.6 is 0 Å². The second-order valence-corrected chi connectivity index (χ2v) is 2.45. The summed E-state index contributed by atoms with van der Waals surface area (Å²) in [5, 5.41) is 8.52. The van der Waals surface area contributed by atoms with Crippen molar-refractivity contribution in [3.05, 3.63) is 0 Å². The van der Waals surface area contributed by atoms with E-state index in [4.69, 9.17) is 5.11 Å². The molecule has 0 saturated heterocycles. The zero-order chi connectivity index (χ0) is 9.07. The molecule has 0 aliphatic carbocycles. The molecule has 0 heterocycles. The molecular formula is C6H10F4O. The normalized spacial score (nSPS) is 15.5. The maximum Gasteiger partial charge on any atom is 0.307 e. The Labute approximate surface area is 62.0 Å². The summed E-state index contributed by atoms with van der Waals surface area (Å²) in [7, 11) is 0. The number of aliphatic hydroxyl groups excluding tert-OH is 1. The molecule has 0 amide bonds. The predicted octanol–water partition coefficient (Wildman–Crippen LogP) is 2.05. The van der Waals surface area contributed by atoms with Gasteiger partial charge in [-0.1, -0.05) is 0 Å². The molecule has 1 nitrogen and oxygen atoms in total. The SMILES string of the molecule is CC(O)CCC(F)(F)C(F)F. The molecular weight excluding hydrogens is 164 g/mol. The zero-order valence-corrected chi connectivity index (χ0v) is 6.03. The second-order valence-electron chi connectivity index (χ2n) is 2.45. The van der Waals surface area contributed by atoms with Crippen LogP contribution in [0.4, 0.5) is 17.6 Å². The van der Waals surface area contributed by atoms with E-state index in [2.05, 4.69) is 0 Å². The molecule has 0 aromatic heterocycles. The Bertz CT molecular complexity index is 113. The zero-order valence-electron chi connectivity index (χ0n) is 6.03. The third-order valence-electron chi connectivity index (χ3n) is 1.21. The molecule has 0 radical (unpaired) electrons. The van der Waals surface area contributed by atoms with E-state index in [1.165, 1.54) is 6.92 Å². The van der Waals surface area contributed by atoms with Crippen molar-refractivity contribution >= 4 is 0 Å². The number of hydrogen-bond donors (Lipinski definition) is 1. The molecule has 5 heteroatoms. The quantitative estimate of drug-likeness (QED) is 0.646. The van der Waals surface area contributed by atoms with Gasteiger partial charge in [-0.3, -0.25) is 0 Å². The summed E-state index contributed by atoms with van der Waals surface area (Å²) in [6, 6.07) is 0. The minimum absolute atomic E-state index is 0.308. The fraction of sp³-hybridized carbons (Fsp3) is 1.00. The van der Waals surface area contributed by atoms with Crippen molar-refractivity contribution in [1.29, 1.82) is 0 Å². The highest BCUT2D eigenvalue weighted by Crippen LogP contribution is 2.28. The third-order valence-corrected chi connectivity index (χ3v) is 1.21. The van der Waals surface area contributed by atoms with Gasteiger partial charge in [0.05, 0.1) is 6.10 Å². The lowest BCUT2D eigenvalue weighted by molar-refractivity contribution is -0.136. The second kappa shape index (κ2) is 3.90. The Morgan fingerprint density at radius 2 is 1.82 bits per heavy atom. The van der Waals surface area contributed by atoms with Crippen LogP contribution in [0.2, 0.25) is 0 Å². The first-order valence-corrected chi connectivity index (χ1v) is 3.20. The van der Waals surface area contributed by atoms with Crippen LogP contribution < -0.4 is 0 Å². The van der Waals surface area contributed by atoms with E-state index in [1.54, 1.807) is 0 Å².